The quantitative estimate of drug-likeness (QED) is 0.586. The van der Waals surface area contributed by atoms with Gasteiger partial charge in [0, 0.05) is 42.7 Å². The molecule has 5 rings (SSSR count). The summed E-state index contributed by atoms with van der Waals surface area (Å²) in [6, 6.07) is 11.8. The maximum atomic E-state index is 5.42. The van der Waals surface area contributed by atoms with E-state index in [9.17, 15) is 0 Å². The van der Waals surface area contributed by atoms with Crippen molar-refractivity contribution in [2.24, 2.45) is 0 Å². The fourth-order valence-electron chi connectivity index (χ4n) is 3.64. The Bertz CT molecular complexity index is 1070. The molecule has 5 heterocycles. The highest BCUT2D eigenvalue weighted by Crippen LogP contribution is 2.27. The van der Waals surface area contributed by atoms with E-state index in [1.165, 1.54) is 5.69 Å². The molecule has 8 nitrogen and oxygen atoms in total. The van der Waals surface area contributed by atoms with Crippen LogP contribution in [0.5, 0.6) is 0 Å². The summed E-state index contributed by atoms with van der Waals surface area (Å²) in [6.45, 7) is 3.83. The van der Waals surface area contributed by atoms with Gasteiger partial charge in [-0.1, -0.05) is 6.07 Å². The molecule has 142 valence electrons. The molecule has 0 unspecified atom stereocenters. The molecular formula is C20H21N7O. The SMILES string of the molecule is Cc1cc(NN2CCC(c3ccccn3)CC2)n2nc(-c3ccco3)nc2n1. The summed E-state index contributed by atoms with van der Waals surface area (Å²) < 4.78 is 7.15. The first-order valence-electron chi connectivity index (χ1n) is 9.47. The number of piperidine rings is 1. The number of aryl methyl sites for hydroxylation is 1. The lowest BCUT2D eigenvalue weighted by Gasteiger charge is -2.32. The number of fused-ring (bicyclic) bond motifs is 1. The number of nitrogens with one attached hydrogen (secondary N) is 1. The second-order valence-corrected chi connectivity index (χ2v) is 7.04. The lowest BCUT2D eigenvalue weighted by atomic mass is 9.94. The molecule has 0 saturated carbocycles. The fourth-order valence-corrected chi connectivity index (χ4v) is 3.64. The first-order valence-corrected chi connectivity index (χ1v) is 9.47. The van der Waals surface area contributed by atoms with Gasteiger partial charge in [-0.3, -0.25) is 4.98 Å². The number of nitrogens with zero attached hydrogens (tertiary/aromatic N) is 6. The van der Waals surface area contributed by atoms with E-state index in [0.717, 1.165) is 37.4 Å². The van der Waals surface area contributed by atoms with Crippen LogP contribution in [0.25, 0.3) is 17.4 Å². The molecule has 4 aromatic rings. The Kier molecular flexibility index (Phi) is 4.25. The van der Waals surface area contributed by atoms with Gasteiger partial charge in [0.1, 0.15) is 5.82 Å². The highest BCUT2D eigenvalue weighted by atomic mass is 16.3. The number of hydrogen-bond acceptors (Lipinski definition) is 7. The lowest BCUT2D eigenvalue weighted by Crippen LogP contribution is -2.38. The highest BCUT2D eigenvalue weighted by Gasteiger charge is 2.22. The Morgan fingerprint density at radius 2 is 2.00 bits per heavy atom. The Hall–Kier alpha value is -3.26. The Morgan fingerprint density at radius 1 is 1.11 bits per heavy atom. The zero-order valence-electron chi connectivity index (χ0n) is 15.6. The average Bonchev–Trinajstić information content (AvgIpc) is 3.39. The summed E-state index contributed by atoms with van der Waals surface area (Å²) in [5.41, 5.74) is 5.57. The van der Waals surface area contributed by atoms with E-state index >= 15 is 0 Å². The number of aromatic nitrogens is 5. The minimum absolute atomic E-state index is 0.510. The van der Waals surface area contributed by atoms with E-state index < -0.39 is 0 Å². The maximum Gasteiger partial charge on any atom is 0.255 e. The summed E-state index contributed by atoms with van der Waals surface area (Å²) in [5.74, 6) is 3.07. The number of rotatable bonds is 4. The molecule has 1 saturated heterocycles. The third-order valence-corrected chi connectivity index (χ3v) is 5.06. The summed E-state index contributed by atoms with van der Waals surface area (Å²) in [7, 11) is 0. The molecule has 0 atom stereocenters. The maximum absolute atomic E-state index is 5.42. The number of furan rings is 1. The Labute approximate surface area is 162 Å². The molecular weight excluding hydrogens is 354 g/mol. The van der Waals surface area contributed by atoms with Gasteiger partial charge in [-0.05, 0) is 44.0 Å². The molecule has 8 heteroatoms. The van der Waals surface area contributed by atoms with Crippen molar-refractivity contribution in [3.8, 4) is 11.6 Å². The number of anilines is 1. The van der Waals surface area contributed by atoms with Crippen LogP contribution in [0, 0.1) is 6.92 Å². The molecule has 1 N–H and O–H groups in total. The van der Waals surface area contributed by atoms with Gasteiger partial charge in [-0.25, -0.2) is 9.99 Å². The van der Waals surface area contributed by atoms with Crippen LogP contribution in [0.2, 0.25) is 0 Å². The number of pyridine rings is 1. The van der Waals surface area contributed by atoms with Crippen LogP contribution in [-0.2, 0) is 0 Å². The standard InChI is InChI=1S/C20H21N7O/c1-14-13-18(27-20(22-14)23-19(25-27)17-6-4-12-28-17)24-26-10-7-15(8-11-26)16-5-2-3-9-21-16/h2-6,9,12-13,15,24H,7-8,10-11H2,1H3. The summed E-state index contributed by atoms with van der Waals surface area (Å²) in [6.07, 6.45) is 5.61. The van der Waals surface area contributed by atoms with E-state index in [2.05, 4.69) is 42.6 Å². The first-order chi connectivity index (χ1) is 13.8. The smallest absolute Gasteiger partial charge is 0.255 e. The molecule has 0 aliphatic carbocycles. The van der Waals surface area contributed by atoms with E-state index in [1.807, 2.05) is 37.4 Å². The zero-order valence-corrected chi connectivity index (χ0v) is 15.6. The molecule has 0 radical (unpaired) electrons. The third kappa shape index (κ3) is 3.22. The van der Waals surface area contributed by atoms with Crippen LogP contribution in [0.4, 0.5) is 5.82 Å². The van der Waals surface area contributed by atoms with Gasteiger partial charge >= 0.3 is 0 Å². The van der Waals surface area contributed by atoms with Crippen LogP contribution >= 0.6 is 0 Å². The van der Waals surface area contributed by atoms with E-state index in [0.29, 0.717) is 23.3 Å². The summed E-state index contributed by atoms with van der Waals surface area (Å²) in [4.78, 5) is 13.5. The van der Waals surface area contributed by atoms with Crippen LogP contribution in [0.3, 0.4) is 0 Å². The topological polar surface area (TPSA) is 84.4 Å². The van der Waals surface area contributed by atoms with Gasteiger partial charge < -0.3 is 9.84 Å². The van der Waals surface area contributed by atoms with Crippen LogP contribution in [0.15, 0.2) is 53.3 Å². The second kappa shape index (κ2) is 7.05. The fraction of sp³-hybridized carbons (Fsp3) is 0.300. The first kappa shape index (κ1) is 16.9. The van der Waals surface area contributed by atoms with Gasteiger partial charge in [-0.15, -0.1) is 5.10 Å². The predicted octanol–water partition coefficient (Wildman–Crippen LogP) is 3.29. The van der Waals surface area contributed by atoms with Crippen LogP contribution in [-0.4, -0.2) is 42.7 Å². The molecule has 0 spiro atoms. The predicted molar refractivity (Wildman–Crippen MR) is 105 cm³/mol. The van der Waals surface area contributed by atoms with Crippen molar-refractivity contribution >= 4 is 11.6 Å². The van der Waals surface area contributed by atoms with Gasteiger partial charge in [-0.2, -0.15) is 9.50 Å². The minimum Gasteiger partial charge on any atom is -0.461 e. The zero-order chi connectivity index (χ0) is 18.9. The Balaban J connectivity index is 1.35. The van der Waals surface area contributed by atoms with Crippen molar-refractivity contribution in [2.75, 3.05) is 18.5 Å². The van der Waals surface area contributed by atoms with Crippen molar-refractivity contribution < 1.29 is 4.42 Å². The minimum atomic E-state index is 0.510. The highest BCUT2D eigenvalue weighted by molar-refractivity contribution is 5.53. The molecule has 4 aromatic heterocycles. The molecule has 1 aliphatic rings. The average molecular weight is 375 g/mol. The van der Waals surface area contributed by atoms with E-state index in [-0.39, 0.29) is 0 Å². The Morgan fingerprint density at radius 3 is 2.75 bits per heavy atom. The molecule has 0 bridgehead atoms. The molecule has 1 fully saturated rings. The van der Waals surface area contributed by atoms with Crippen molar-refractivity contribution in [1.29, 1.82) is 0 Å². The van der Waals surface area contributed by atoms with E-state index in [4.69, 9.17) is 4.42 Å². The van der Waals surface area contributed by atoms with Crippen molar-refractivity contribution in [2.45, 2.75) is 25.7 Å². The van der Waals surface area contributed by atoms with Crippen molar-refractivity contribution in [3.05, 3.63) is 60.2 Å². The van der Waals surface area contributed by atoms with Crippen LogP contribution < -0.4 is 5.43 Å². The number of hydrogen-bond donors (Lipinski definition) is 1. The molecule has 0 amide bonds. The van der Waals surface area contributed by atoms with Gasteiger partial charge in [0.15, 0.2) is 5.76 Å². The van der Waals surface area contributed by atoms with Crippen molar-refractivity contribution in [1.82, 2.24) is 29.6 Å². The van der Waals surface area contributed by atoms with Crippen LogP contribution in [0.1, 0.15) is 30.1 Å². The van der Waals surface area contributed by atoms with Gasteiger partial charge in [0.05, 0.1) is 6.26 Å². The molecule has 1 aliphatic heterocycles. The molecule has 28 heavy (non-hydrogen) atoms. The second-order valence-electron chi connectivity index (χ2n) is 7.04. The molecule has 0 aromatic carbocycles. The van der Waals surface area contributed by atoms with Crippen molar-refractivity contribution in [3.63, 3.8) is 0 Å². The normalized spacial score (nSPS) is 15.9. The van der Waals surface area contributed by atoms with E-state index in [1.54, 1.807) is 10.8 Å². The summed E-state index contributed by atoms with van der Waals surface area (Å²) in [5, 5.41) is 6.80. The van der Waals surface area contributed by atoms with Gasteiger partial charge in [0.25, 0.3) is 5.78 Å². The lowest BCUT2D eigenvalue weighted by molar-refractivity contribution is 0.248. The number of hydrazine groups is 1. The summed E-state index contributed by atoms with van der Waals surface area (Å²) >= 11 is 0. The largest absolute Gasteiger partial charge is 0.461 e. The monoisotopic (exact) mass is 375 g/mol. The third-order valence-electron chi connectivity index (χ3n) is 5.06. The van der Waals surface area contributed by atoms with Gasteiger partial charge in [0.2, 0.25) is 5.82 Å².